The molecular formula is C23H18ClNO4. The van der Waals surface area contributed by atoms with Crippen molar-refractivity contribution >= 4 is 23.7 Å². The van der Waals surface area contributed by atoms with Crippen LogP contribution < -0.4 is 5.32 Å². The maximum atomic E-state index is 12.2. The van der Waals surface area contributed by atoms with Gasteiger partial charge >= 0.3 is 12.1 Å². The first-order chi connectivity index (χ1) is 14.0. The number of halogens is 1. The highest BCUT2D eigenvalue weighted by molar-refractivity contribution is 6.31. The predicted molar refractivity (Wildman–Crippen MR) is 110 cm³/mol. The summed E-state index contributed by atoms with van der Waals surface area (Å²) in [7, 11) is 0. The third kappa shape index (κ3) is 3.82. The molecule has 3 aromatic carbocycles. The van der Waals surface area contributed by atoms with E-state index in [1.165, 1.54) is 23.3 Å². The number of carbonyl (C=O) groups excluding carboxylic acids is 1. The van der Waals surface area contributed by atoms with E-state index in [-0.39, 0.29) is 29.7 Å². The molecule has 0 atom stereocenters. The second-order valence-corrected chi connectivity index (χ2v) is 7.20. The molecule has 0 aromatic heterocycles. The van der Waals surface area contributed by atoms with E-state index in [1.54, 1.807) is 6.07 Å². The fraction of sp³-hybridized carbons (Fsp3) is 0.130. The van der Waals surface area contributed by atoms with E-state index in [4.69, 9.17) is 21.4 Å². The van der Waals surface area contributed by atoms with Crippen molar-refractivity contribution in [3.05, 3.63) is 94.0 Å². The molecule has 4 rings (SSSR count). The lowest BCUT2D eigenvalue weighted by Crippen LogP contribution is -2.25. The molecule has 0 heterocycles. The molecule has 0 saturated heterocycles. The highest BCUT2D eigenvalue weighted by Gasteiger charge is 2.28. The van der Waals surface area contributed by atoms with Gasteiger partial charge in [0.2, 0.25) is 0 Å². The summed E-state index contributed by atoms with van der Waals surface area (Å²) in [5.41, 5.74) is 5.34. The number of fused-ring (bicyclic) bond motifs is 3. The summed E-state index contributed by atoms with van der Waals surface area (Å²) in [5.74, 6) is -1.06. The van der Waals surface area contributed by atoms with Crippen molar-refractivity contribution < 1.29 is 19.4 Å². The maximum absolute atomic E-state index is 12.2. The zero-order valence-electron chi connectivity index (χ0n) is 15.4. The Hall–Kier alpha value is -3.31. The van der Waals surface area contributed by atoms with Crippen LogP contribution >= 0.6 is 11.6 Å². The average Bonchev–Trinajstić information content (AvgIpc) is 3.05. The Kier molecular flexibility index (Phi) is 5.23. The highest BCUT2D eigenvalue weighted by Crippen LogP contribution is 2.44. The lowest BCUT2D eigenvalue weighted by Gasteiger charge is -2.15. The Morgan fingerprint density at radius 3 is 2.17 bits per heavy atom. The van der Waals surface area contributed by atoms with Gasteiger partial charge in [0, 0.05) is 17.5 Å². The Labute approximate surface area is 172 Å². The number of benzene rings is 3. The zero-order valence-corrected chi connectivity index (χ0v) is 16.1. The lowest BCUT2D eigenvalue weighted by atomic mass is 9.98. The number of hydrogen-bond acceptors (Lipinski definition) is 3. The van der Waals surface area contributed by atoms with Crippen molar-refractivity contribution in [2.45, 2.75) is 12.5 Å². The predicted octanol–water partition coefficient (Wildman–Crippen LogP) is 5.08. The van der Waals surface area contributed by atoms with Crippen LogP contribution in [0, 0.1) is 0 Å². The van der Waals surface area contributed by atoms with Gasteiger partial charge in [-0.05, 0) is 39.9 Å². The van der Waals surface area contributed by atoms with Gasteiger partial charge in [-0.15, -0.1) is 0 Å². The zero-order chi connectivity index (χ0) is 20.4. The molecule has 1 aliphatic rings. The molecule has 0 bridgehead atoms. The summed E-state index contributed by atoms with van der Waals surface area (Å²) < 4.78 is 5.48. The molecule has 1 amide bonds. The van der Waals surface area contributed by atoms with E-state index in [9.17, 15) is 9.59 Å². The first-order valence-corrected chi connectivity index (χ1v) is 9.53. The SMILES string of the molecule is O=C(NCc1ccc(C(=O)O)cc1Cl)OCC1c2ccccc2-c2ccccc21. The van der Waals surface area contributed by atoms with Crippen molar-refractivity contribution in [3.63, 3.8) is 0 Å². The van der Waals surface area contributed by atoms with Crippen LogP contribution in [0.25, 0.3) is 11.1 Å². The molecule has 0 saturated carbocycles. The molecule has 1 aliphatic carbocycles. The quantitative estimate of drug-likeness (QED) is 0.618. The molecule has 3 aromatic rings. The fourth-order valence-electron chi connectivity index (χ4n) is 3.64. The lowest BCUT2D eigenvalue weighted by molar-refractivity contribution is 0.0696. The third-order valence-corrected chi connectivity index (χ3v) is 5.42. The summed E-state index contributed by atoms with van der Waals surface area (Å²) >= 11 is 6.09. The summed E-state index contributed by atoms with van der Waals surface area (Å²) in [5, 5.41) is 11.9. The molecule has 2 N–H and O–H groups in total. The van der Waals surface area contributed by atoms with Crippen molar-refractivity contribution in [1.29, 1.82) is 0 Å². The minimum atomic E-state index is -1.05. The van der Waals surface area contributed by atoms with E-state index < -0.39 is 12.1 Å². The number of nitrogens with one attached hydrogen (secondary N) is 1. The van der Waals surface area contributed by atoms with Crippen LogP contribution in [0.15, 0.2) is 66.7 Å². The van der Waals surface area contributed by atoms with Gasteiger partial charge in [0.1, 0.15) is 6.61 Å². The van der Waals surface area contributed by atoms with Gasteiger partial charge < -0.3 is 15.2 Å². The van der Waals surface area contributed by atoms with Crippen molar-refractivity contribution in [3.8, 4) is 11.1 Å². The fourth-order valence-corrected chi connectivity index (χ4v) is 3.89. The van der Waals surface area contributed by atoms with Crippen LogP contribution in [0.3, 0.4) is 0 Å². The molecule has 0 spiro atoms. The molecule has 5 nitrogen and oxygen atoms in total. The standard InChI is InChI=1S/C23H18ClNO4/c24-21-11-14(22(26)27)9-10-15(21)12-25-23(28)29-13-20-18-7-3-1-5-16(18)17-6-2-4-8-19(17)20/h1-11,20H,12-13H2,(H,25,28)(H,26,27). The molecule has 0 radical (unpaired) electrons. The van der Waals surface area contributed by atoms with Gasteiger partial charge in [-0.25, -0.2) is 9.59 Å². The Morgan fingerprint density at radius 2 is 1.59 bits per heavy atom. The van der Waals surface area contributed by atoms with Crippen molar-refractivity contribution in [1.82, 2.24) is 5.32 Å². The van der Waals surface area contributed by atoms with Crippen LogP contribution in [0.2, 0.25) is 5.02 Å². The summed E-state index contributed by atoms with van der Waals surface area (Å²) in [6.07, 6.45) is -0.551. The first-order valence-electron chi connectivity index (χ1n) is 9.15. The molecule has 0 fully saturated rings. The smallest absolute Gasteiger partial charge is 0.407 e. The van der Waals surface area contributed by atoms with Crippen LogP contribution in [0.5, 0.6) is 0 Å². The van der Waals surface area contributed by atoms with E-state index in [2.05, 4.69) is 29.6 Å². The number of amides is 1. The van der Waals surface area contributed by atoms with Crippen molar-refractivity contribution in [2.75, 3.05) is 6.61 Å². The van der Waals surface area contributed by atoms with E-state index in [1.807, 2.05) is 24.3 Å². The average molecular weight is 408 g/mol. The number of ether oxygens (including phenoxy) is 1. The molecular weight excluding hydrogens is 390 g/mol. The second-order valence-electron chi connectivity index (χ2n) is 6.79. The Morgan fingerprint density at radius 1 is 0.966 bits per heavy atom. The van der Waals surface area contributed by atoms with Crippen molar-refractivity contribution in [2.24, 2.45) is 0 Å². The van der Waals surface area contributed by atoms with Gasteiger partial charge in [-0.3, -0.25) is 0 Å². The number of aromatic carboxylic acids is 1. The largest absolute Gasteiger partial charge is 0.478 e. The molecule has 0 aliphatic heterocycles. The van der Waals surface area contributed by atoms with Gasteiger partial charge in [0.05, 0.1) is 5.56 Å². The molecule has 29 heavy (non-hydrogen) atoms. The summed E-state index contributed by atoms with van der Waals surface area (Å²) in [4.78, 5) is 23.2. The van der Waals surface area contributed by atoms with Gasteiger partial charge in [0.25, 0.3) is 0 Å². The van der Waals surface area contributed by atoms with Gasteiger partial charge in [-0.1, -0.05) is 66.2 Å². The molecule has 0 unspecified atom stereocenters. The highest BCUT2D eigenvalue weighted by atomic mass is 35.5. The van der Waals surface area contributed by atoms with E-state index in [0.29, 0.717) is 5.56 Å². The second kappa shape index (κ2) is 7.97. The van der Waals surface area contributed by atoms with E-state index in [0.717, 1.165) is 11.1 Å². The minimum absolute atomic E-state index is 0.00779. The van der Waals surface area contributed by atoms with Crippen LogP contribution in [0.4, 0.5) is 4.79 Å². The number of rotatable bonds is 5. The molecule has 6 heteroatoms. The van der Waals surface area contributed by atoms with E-state index >= 15 is 0 Å². The van der Waals surface area contributed by atoms with Crippen LogP contribution in [-0.4, -0.2) is 23.8 Å². The summed E-state index contributed by atoms with van der Waals surface area (Å²) in [6.45, 7) is 0.376. The molecule has 146 valence electrons. The number of hydrogen-bond donors (Lipinski definition) is 2. The normalized spacial score (nSPS) is 12.2. The maximum Gasteiger partial charge on any atom is 0.407 e. The topological polar surface area (TPSA) is 75.6 Å². The van der Waals surface area contributed by atoms with Gasteiger partial charge in [0.15, 0.2) is 0 Å². The number of alkyl carbamates (subject to hydrolysis) is 1. The monoisotopic (exact) mass is 407 g/mol. The Balaban J connectivity index is 1.40. The number of carbonyl (C=O) groups is 2. The number of carboxylic acid groups (broad SMARTS) is 1. The third-order valence-electron chi connectivity index (χ3n) is 5.07. The van der Waals surface area contributed by atoms with Crippen LogP contribution in [-0.2, 0) is 11.3 Å². The number of carboxylic acids is 1. The summed E-state index contributed by atoms with van der Waals surface area (Å²) in [6, 6.07) is 20.7. The van der Waals surface area contributed by atoms with Crippen LogP contribution in [0.1, 0.15) is 33.0 Å². The Bertz CT molecular complexity index is 1050. The van der Waals surface area contributed by atoms with Gasteiger partial charge in [-0.2, -0.15) is 0 Å². The minimum Gasteiger partial charge on any atom is -0.478 e. The first kappa shape index (κ1) is 19.0.